The summed E-state index contributed by atoms with van der Waals surface area (Å²) in [6, 6.07) is 0. The molecule has 1 aliphatic carbocycles. The van der Waals surface area contributed by atoms with Gasteiger partial charge in [0, 0.05) is 0 Å². The van der Waals surface area contributed by atoms with E-state index in [-0.39, 0.29) is 5.54 Å². The van der Waals surface area contributed by atoms with Gasteiger partial charge in [0.25, 0.3) is 0 Å². The smallest absolute Gasteiger partial charge is 0.247 e. The van der Waals surface area contributed by atoms with Gasteiger partial charge in [-0.1, -0.05) is 17.1 Å². The molecule has 4 nitrogen and oxygen atoms in total. The largest absolute Gasteiger partial charge is 0.337 e. The Morgan fingerprint density at radius 3 is 2.75 bits per heavy atom. The van der Waals surface area contributed by atoms with Gasteiger partial charge in [0.05, 0.1) is 0 Å². The van der Waals surface area contributed by atoms with E-state index in [0.29, 0.717) is 5.82 Å². The van der Waals surface area contributed by atoms with Gasteiger partial charge in [-0.15, -0.1) is 0 Å². The highest BCUT2D eigenvalue weighted by Crippen LogP contribution is 2.45. The van der Waals surface area contributed by atoms with Gasteiger partial charge in [0.15, 0.2) is 5.82 Å². The zero-order chi connectivity index (χ0) is 8.60. The van der Waals surface area contributed by atoms with Crippen LogP contribution in [0.3, 0.4) is 0 Å². The molecule has 0 bridgehead atoms. The molecule has 0 atom stereocenters. The Bertz CT molecular complexity index is 282. The van der Waals surface area contributed by atoms with Crippen molar-refractivity contribution in [3.63, 3.8) is 0 Å². The molecule has 1 fully saturated rings. The molecular formula is C7H11N3OS. The van der Waals surface area contributed by atoms with Gasteiger partial charge in [-0.3, -0.25) is 0 Å². The van der Waals surface area contributed by atoms with Crippen LogP contribution in [0.2, 0.25) is 0 Å². The van der Waals surface area contributed by atoms with Crippen LogP contribution in [0.15, 0.2) is 4.52 Å². The van der Waals surface area contributed by atoms with Crippen LogP contribution in [-0.2, 0) is 5.54 Å². The monoisotopic (exact) mass is 185 g/mol. The van der Waals surface area contributed by atoms with Crippen LogP contribution in [0.1, 0.15) is 24.6 Å². The van der Waals surface area contributed by atoms with Crippen LogP contribution < -0.4 is 4.72 Å². The molecular weight excluding hydrogens is 174 g/mol. The molecule has 0 aromatic carbocycles. The average molecular weight is 185 g/mol. The highest BCUT2D eigenvalue weighted by molar-refractivity contribution is 7.96. The van der Waals surface area contributed by atoms with Crippen molar-refractivity contribution in [3.05, 3.63) is 11.7 Å². The molecule has 0 aliphatic heterocycles. The lowest BCUT2D eigenvalue weighted by atomic mass is 10.3. The fourth-order valence-corrected chi connectivity index (χ4v) is 1.85. The Labute approximate surface area is 75.2 Å². The molecule has 12 heavy (non-hydrogen) atoms. The SMILES string of the molecule is CSNC1(c2nc(C)no2)CC1. The second kappa shape index (κ2) is 2.74. The number of rotatable bonds is 3. The van der Waals surface area contributed by atoms with E-state index < -0.39 is 0 Å². The van der Waals surface area contributed by atoms with E-state index in [9.17, 15) is 0 Å². The standard InChI is InChI=1S/C7H11N3OS/c1-5-8-6(11-9-5)7(3-4-7)10-12-2/h10H,3-4H2,1-2H3. The molecule has 1 aliphatic rings. The Hall–Kier alpha value is -0.550. The van der Waals surface area contributed by atoms with Crippen molar-refractivity contribution in [1.29, 1.82) is 0 Å². The molecule has 66 valence electrons. The third-order valence-electron chi connectivity index (χ3n) is 1.98. The number of hydrogen-bond donors (Lipinski definition) is 1. The normalized spacial score (nSPS) is 19.5. The van der Waals surface area contributed by atoms with Crippen LogP contribution >= 0.6 is 11.9 Å². The Morgan fingerprint density at radius 2 is 2.33 bits per heavy atom. The molecule has 0 amide bonds. The summed E-state index contributed by atoms with van der Waals surface area (Å²) in [6.45, 7) is 1.84. The Kier molecular flexibility index (Phi) is 1.84. The number of aromatic nitrogens is 2. The third-order valence-corrected chi connectivity index (χ3v) is 2.58. The fraction of sp³-hybridized carbons (Fsp3) is 0.714. The molecule has 1 saturated carbocycles. The summed E-state index contributed by atoms with van der Waals surface area (Å²) in [7, 11) is 0. The van der Waals surface area contributed by atoms with Crippen LogP contribution in [-0.4, -0.2) is 16.4 Å². The molecule has 1 aromatic rings. The summed E-state index contributed by atoms with van der Waals surface area (Å²) >= 11 is 1.60. The van der Waals surface area contributed by atoms with Crippen molar-refractivity contribution in [3.8, 4) is 0 Å². The van der Waals surface area contributed by atoms with Crippen LogP contribution in [0.5, 0.6) is 0 Å². The first-order valence-electron chi connectivity index (χ1n) is 3.88. The quantitative estimate of drug-likeness (QED) is 0.718. The van der Waals surface area contributed by atoms with E-state index in [1.165, 1.54) is 0 Å². The summed E-state index contributed by atoms with van der Waals surface area (Å²) in [5.74, 6) is 1.44. The lowest BCUT2D eigenvalue weighted by Crippen LogP contribution is -2.22. The van der Waals surface area contributed by atoms with E-state index in [0.717, 1.165) is 18.7 Å². The average Bonchev–Trinajstić information content (AvgIpc) is 2.69. The maximum Gasteiger partial charge on any atom is 0.247 e. The van der Waals surface area contributed by atoms with Gasteiger partial charge in [-0.2, -0.15) is 4.98 Å². The Morgan fingerprint density at radius 1 is 1.58 bits per heavy atom. The highest BCUT2D eigenvalue weighted by Gasteiger charge is 2.49. The highest BCUT2D eigenvalue weighted by atomic mass is 32.2. The van der Waals surface area contributed by atoms with Crippen molar-refractivity contribution in [2.24, 2.45) is 0 Å². The zero-order valence-corrected chi connectivity index (χ0v) is 7.94. The van der Waals surface area contributed by atoms with E-state index in [1.807, 2.05) is 13.2 Å². The second-order valence-corrected chi connectivity index (χ2v) is 3.65. The molecule has 1 N–H and O–H groups in total. The van der Waals surface area contributed by atoms with Crippen LogP contribution in [0.25, 0.3) is 0 Å². The minimum absolute atomic E-state index is 0.0132. The first kappa shape index (κ1) is 8.07. The topological polar surface area (TPSA) is 51.0 Å². The van der Waals surface area contributed by atoms with Crippen LogP contribution in [0, 0.1) is 6.92 Å². The molecule has 0 unspecified atom stereocenters. The molecule has 2 rings (SSSR count). The van der Waals surface area contributed by atoms with Crippen LogP contribution in [0.4, 0.5) is 0 Å². The summed E-state index contributed by atoms with van der Waals surface area (Å²) < 4.78 is 8.39. The summed E-state index contributed by atoms with van der Waals surface area (Å²) in [5, 5.41) is 3.77. The summed E-state index contributed by atoms with van der Waals surface area (Å²) in [4.78, 5) is 4.21. The molecule has 5 heteroatoms. The van der Waals surface area contributed by atoms with Crippen molar-refractivity contribution in [1.82, 2.24) is 14.9 Å². The maximum absolute atomic E-state index is 5.11. The fourth-order valence-electron chi connectivity index (χ4n) is 1.17. The van der Waals surface area contributed by atoms with Crippen molar-refractivity contribution >= 4 is 11.9 Å². The molecule has 0 saturated heterocycles. The lowest BCUT2D eigenvalue weighted by molar-refractivity contribution is 0.338. The molecule has 0 radical (unpaired) electrons. The predicted molar refractivity (Wildman–Crippen MR) is 46.6 cm³/mol. The number of nitrogens with one attached hydrogen (secondary N) is 1. The van der Waals surface area contributed by atoms with Gasteiger partial charge in [-0.05, 0) is 26.0 Å². The molecule has 0 spiro atoms. The van der Waals surface area contributed by atoms with E-state index in [1.54, 1.807) is 11.9 Å². The van der Waals surface area contributed by atoms with Gasteiger partial charge < -0.3 is 4.52 Å². The van der Waals surface area contributed by atoms with Gasteiger partial charge in [0.1, 0.15) is 5.54 Å². The zero-order valence-electron chi connectivity index (χ0n) is 7.13. The number of hydrogen-bond acceptors (Lipinski definition) is 5. The van der Waals surface area contributed by atoms with Crippen molar-refractivity contribution < 1.29 is 4.52 Å². The number of nitrogens with zero attached hydrogens (tertiary/aromatic N) is 2. The first-order valence-corrected chi connectivity index (χ1v) is 5.10. The predicted octanol–water partition coefficient (Wildman–Crippen LogP) is 1.23. The molecule has 1 heterocycles. The van der Waals surface area contributed by atoms with E-state index in [2.05, 4.69) is 14.9 Å². The van der Waals surface area contributed by atoms with Gasteiger partial charge in [0.2, 0.25) is 5.89 Å². The lowest BCUT2D eigenvalue weighted by Gasteiger charge is -2.08. The van der Waals surface area contributed by atoms with E-state index >= 15 is 0 Å². The maximum atomic E-state index is 5.11. The summed E-state index contributed by atoms with van der Waals surface area (Å²) in [5.41, 5.74) is -0.0132. The van der Waals surface area contributed by atoms with Gasteiger partial charge in [-0.25, -0.2) is 4.72 Å². The Balaban J connectivity index is 2.18. The second-order valence-electron chi connectivity index (χ2n) is 3.04. The van der Waals surface area contributed by atoms with Crippen molar-refractivity contribution in [2.45, 2.75) is 25.3 Å². The van der Waals surface area contributed by atoms with Crippen molar-refractivity contribution in [2.75, 3.05) is 6.26 Å². The minimum Gasteiger partial charge on any atom is -0.337 e. The minimum atomic E-state index is -0.0132. The first-order chi connectivity index (χ1) is 5.77. The molecule has 1 aromatic heterocycles. The van der Waals surface area contributed by atoms with E-state index in [4.69, 9.17) is 4.52 Å². The van der Waals surface area contributed by atoms with Gasteiger partial charge >= 0.3 is 0 Å². The number of aryl methyl sites for hydroxylation is 1. The summed E-state index contributed by atoms with van der Waals surface area (Å²) in [6.07, 6.45) is 4.19. The third kappa shape index (κ3) is 1.23.